The molecule has 3 rings (SSSR count). The Kier molecular flexibility index (Phi) is 8.62. The lowest BCUT2D eigenvalue weighted by molar-refractivity contribution is -0.118. The van der Waals surface area contributed by atoms with Gasteiger partial charge in [0.25, 0.3) is 11.8 Å². The summed E-state index contributed by atoms with van der Waals surface area (Å²) < 4.78 is 15.2. The molecule has 0 bridgehead atoms. The highest BCUT2D eigenvalue weighted by molar-refractivity contribution is 5.94. The molecule has 0 atom stereocenters. The molecule has 2 N–H and O–H groups in total. The lowest BCUT2D eigenvalue weighted by Crippen LogP contribution is -2.23. The first-order chi connectivity index (χ1) is 16.4. The van der Waals surface area contributed by atoms with Crippen LogP contribution in [-0.4, -0.2) is 31.2 Å². The van der Waals surface area contributed by atoms with E-state index in [2.05, 4.69) is 10.6 Å². The van der Waals surface area contributed by atoms with E-state index in [1.807, 2.05) is 37.3 Å². The Balaban J connectivity index is 1.48. The van der Waals surface area contributed by atoms with E-state index in [0.717, 1.165) is 11.1 Å². The molecule has 34 heavy (non-hydrogen) atoms. The topological polar surface area (TPSA) is 103 Å². The molecule has 0 heterocycles. The molecule has 0 aliphatic heterocycles. The second-order valence-corrected chi connectivity index (χ2v) is 7.34. The van der Waals surface area contributed by atoms with E-state index in [4.69, 9.17) is 14.2 Å². The number of rotatable bonds is 9. The van der Waals surface area contributed by atoms with Crippen LogP contribution in [0.5, 0.6) is 11.5 Å². The van der Waals surface area contributed by atoms with Gasteiger partial charge in [-0.1, -0.05) is 29.8 Å². The van der Waals surface area contributed by atoms with Gasteiger partial charge in [-0.25, -0.2) is 4.79 Å². The van der Waals surface area contributed by atoms with E-state index in [-0.39, 0.29) is 37.3 Å². The number of aryl methyl sites for hydroxylation is 1. The average Bonchev–Trinajstić information content (AvgIpc) is 2.83. The highest BCUT2D eigenvalue weighted by atomic mass is 16.7. The molecule has 3 aromatic rings. The molecule has 0 unspecified atom stereocenters. The number of anilines is 1. The van der Waals surface area contributed by atoms with E-state index in [1.165, 1.54) is 12.1 Å². The Bertz CT molecular complexity index is 1130. The second-order valence-electron chi connectivity index (χ2n) is 7.34. The average molecular weight is 463 g/mol. The number of hydrogen-bond acceptors (Lipinski definition) is 6. The van der Waals surface area contributed by atoms with E-state index in [1.54, 1.807) is 37.3 Å². The van der Waals surface area contributed by atoms with Gasteiger partial charge in [0, 0.05) is 17.8 Å². The van der Waals surface area contributed by atoms with E-state index >= 15 is 0 Å². The monoisotopic (exact) mass is 462 g/mol. The zero-order chi connectivity index (χ0) is 24.3. The van der Waals surface area contributed by atoms with Crippen molar-refractivity contribution >= 4 is 23.7 Å². The third kappa shape index (κ3) is 7.67. The number of nitrogens with one attached hydrogen (secondary N) is 2. The third-order valence-corrected chi connectivity index (χ3v) is 4.63. The minimum absolute atomic E-state index is 0.111. The molecule has 8 heteroatoms. The number of carbonyl (C=O) groups is 3. The first-order valence-electron chi connectivity index (χ1n) is 10.7. The van der Waals surface area contributed by atoms with E-state index in [9.17, 15) is 14.4 Å². The summed E-state index contributed by atoms with van der Waals surface area (Å²) >= 11 is 0. The van der Waals surface area contributed by atoms with E-state index < -0.39 is 6.16 Å². The van der Waals surface area contributed by atoms with Crippen LogP contribution in [0.25, 0.3) is 0 Å². The molecule has 0 saturated heterocycles. The van der Waals surface area contributed by atoms with Gasteiger partial charge in [0.1, 0.15) is 11.5 Å². The van der Waals surface area contributed by atoms with Crippen molar-refractivity contribution < 1.29 is 28.6 Å². The summed E-state index contributed by atoms with van der Waals surface area (Å²) in [5, 5.41) is 5.60. The summed E-state index contributed by atoms with van der Waals surface area (Å²) in [4.78, 5) is 36.0. The number of ether oxygens (including phenoxy) is 3. The van der Waals surface area contributed by atoms with Crippen LogP contribution in [0, 0.1) is 6.92 Å². The minimum atomic E-state index is -0.798. The molecule has 0 saturated carbocycles. The Morgan fingerprint density at radius 2 is 1.59 bits per heavy atom. The zero-order valence-corrected chi connectivity index (χ0v) is 19.0. The highest BCUT2D eigenvalue weighted by Gasteiger charge is 2.09. The summed E-state index contributed by atoms with van der Waals surface area (Å²) in [6, 6.07) is 20.8. The summed E-state index contributed by atoms with van der Waals surface area (Å²) in [5.74, 6) is 0.331. The standard InChI is InChI=1S/C26H26N2O6/c1-3-32-26(31)34-23-13-9-20(10-14-23)25(30)27-16-19-5-4-6-21(15-19)28-24(29)17-33-22-11-7-18(2)8-12-22/h4-15H,3,16-17H2,1-2H3,(H,27,30)(H,28,29). The maximum Gasteiger partial charge on any atom is 0.513 e. The van der Waals surface area contributed by atoms with Crippen LogP contribution in [0.2, 0.25) is 0 Å². The van der Waals surface area contributed by atoms with Gasteiger partial charge in [0.2, 0.25) is 0 Å². The van der Waals surface area contributed by atoms with Crippen molar-refractivity contribution in [3.63, 3.8) is 0 Å². The van der Waals surface area contributed by atoms with Gasteiger partial charge in [-0.3, -0.25) is 9.59 Å². The lowest BCUT2D eigenvalue weighted by Gasteiger charge is -2.10. The van der Waals surface area contributed by atoms with Gasteiger partial charge in [-0.05, 0) is 67.9 Å². The molecular weight excluding hydrogens is 436 g/mol. The van der Waals surface area contributed by atoms with Gasteiger partial charge in [0.05, 0.1) is 6.61 Å². The normalized spacial score (nSPS) is 10.2. The number of benzene rings is 3. The third-order valence-electron chi connectivity index (χ3n) is 4.63. The number of amides is 2. The van der Waals surface area contributed by atoms with Crippen LogP contribution in [0.3, 0.4) is 0 Å². The van der Waals surface area contributed by atoms with E-state index in [0.29, 0.717) is 17.0 Å². The molecule has 0 aliphatic rings. The van der Waals surface area contributed by atoms with Crippen molar-refractivity contribution in [3.8, 4) is 11.5 Å². The van der Waals surface area contributed by atoms with Gasteiger partial charge in [-0.15, -0.1) is 0 Å². The van der Waals surface area contributed by atoms with Crippen molar-refractivity contribution in [1.82, 2.24) is 5.32 Å². The Morgan fingerprint density at radius 1 is 0.882 bits per heavy atom. The molecule has 0 radical (unpaired) electrons. The molecule has 0 spiro atoms. The quantitative estimate of drug-likeness (QED) is 0.359. The van der Waals surface area contributed by atoms with Gasteiger partial charge >= 0.3 is 6.16 Å². The van der Waals surface area contributed by atoms with Gasteiger partial charge in [-0.2, -0.15) is 0 Å². The van der Waals surface area contributed by atoms with Crippen LogP contribution in [0.4, 0.5) is 10.5 Å². The Morgan fingerprint density at radius 3 is 2.29 bits per heavy atom. The molecule has 0 aromatic heterocycles. The van der Waals surface area contributed by atoms with Crippen molar-refractivity contribution in [2.45, 2.75) is 20.4 Å². The first-order valence-corrected chi connectivity index (χ1v) is 10.7. The molecule has 2 amide bonds. The fraction of sp³-hybridized carbons (Fsp3) is 0.192. The summed E-state index contributed by atoms with van der Waals surface area (Å²) in [6.07, 6.45) is -0.798. The van der Waals surface area contributed by atoms with Gasteiger partial charge in [0.15, 0.2) is 6.61 Å². The van der Waals surface area contributed by atoms with Crippen LogP contribution in [0.1, 0.15) is 28.4 Å². The number of carbonyl (C=O) groups excluding carboxylic acids is 3. The highest BCUT2D eigenvalue weighted by Crippen LogP contribution is 2.15. The Hall–Kier alpha value is -4.33. The maximum atomic E-state index is 12.4. The van der Waals surface area contributed by atoms with Crippen molar-refractivity contribution in [1.29, 1.82) is 0 Å². The summed E-state index contributed by atoms with van der Waals surface area (Å²) in [6.45, 7) is 4.03. The van der Waals surface area contributed by atoms with Crippen LogP contribution < -0.4 is 20.1 Å². The number of hydrogen-bond donors (Lipinski definition) is 2. The fourth-order valence-corrected chi connectivity index (χ4v) is 2.94. The molecular formula is C26H26N2O6. The summed E-state index contributed by atoms with van der Waals surface area (Å²) in [5.41, 5.74) is 2.94. The van der Waals surface area contributed by atoms with Crippen molar-refractivity contribution in [2.24, 2.45) is 0 Å². The molecule has 0 fully saturated rings. The van der Waals surface area contributed by atoms with Crippen LogP contribution in [-0.2, 0) is 16.1 Å². The summed E-state index contributed by atoms with van der Waals surface area (Å²) in [7, 11) is 0. The second kappa shape index (κ2) is 12.1. The smallest absolute Gasteiger partial charge is 0.484 e. The first kappa shape index (κ1) is 24.3. The lowest BCUT2D eigenvalue weighted by atomic mass is 10.1. The fourth-order valence-electron chi connectivity index (χ4n) is 2.94. The maximum absolute atomic E-state index is 12.4. The SMILES string of the molecule is CCOC(=O)Oc1ccc(C(=O)NCc2cccc(NC(=O)COc3ccc(C)cc3)c2)cc1. The zero-order valence-electron chi connectivity index (χ0n) is 19.0. The van der Waals surface area contributed by atoms with Crippen LogP contribution in [0.15, 0.2) is 72.8 Å². The molecule has 176 valence electrons. The molecule has 8 nitrogen and oxygen atoms in total. The largest absolute Gasteiger partial charge is 0.513 e. The minimum Gasteiger partial charge on any atom is -0.484 e. The predicted molar refractivity (Wildman–Crippen MR) is 127 cm³/mol. The van der Waals surface area contributed by atoms with Gasteiger partial charge < -0.3 is 24.8 Å². The Labute approximate surface area is 197 Å². The predicted octanol–water partition coefficient (Wildman–Crippen LogP) is 4.48. The van der Waals surface area contributed by atoms with Crippen LogP contribution >= 0.6 is 0 Å². The molecule has 0 aliphatic carbocycles. The van der Waals surface area contributed by atoms with Crippen molar-refractivity contribution in [2.75, 3.05) is 18.5 Å². The molecule has 3 aromatic carbocycles. The van der Waals surface area contributed by atoms with Crippen molar-refractivity contribution in [3.05, 3.63) is 89.5 Å².